The third-order valence-corrected chi connectivity index (χ3v) is 4.96. The van der Waals surface area contributed by atoms with Crippen molar-refractivity contribution < 1.29 is 19.4 Å². The monoisotopic (exact) mass is 297 g/mol. The largest absolute Gasteiger partial charge is 0.479 e. The quantitative estimate of drug-likeness (QED) is 0.690. The molecule has 0 bridgehead atoms. The van der Waals surface area contributed by atoms with Gasteiger partial charge in [0.1, 0.15) is 0 Å². The number of nitrogens with one attached hydrogen (secondary N) is 2. The van der Waals surface area contributed by atoms with Gasteiger partial charge in [0, 0.05) is 31.7 Å². The Morgan fingerprint density at radius 1 is 1.24 bits per heavy atom. The fraction of sp³-hybridized carbons (Fsp3) is 0.857. The van der Waals surface area contributed by atoms with Gasteiger partial charge >= 0.3 is 12.0 Å². The number of carbonyl (C=O) groups is 2. The molecule has 0 aromatic rings. The van der Waals surface area contributed by atoms with Gasteiger partial charge in [-0.3, -0.25) is 4.90 Å². The summed E-state index contributed by atoms with van der Waals surface area (Å²) in [4.78, 5) is 26.0. The van der Waals surface area contributed by atoms with Crippen LogP contribution in [0.1, 0.15) is 32.1 Å². The molecular weight excluding hydrogens is 274 g/mol. The van der Waals surface area contributed by atoms with E-state index in [1.54, 1.807) is 0 Å². The van der Waals surface area contributed by atoms with Crippen molar-refractivity contribution in [1.82, 2.24) is 15.5 Å². The maximum absolute atomic E-state index is 12.2. The lowest BCUT2D eigenvalue weighted by Gasteiger charge is -2.33. The molecule has 2 amide bonds. The van der Waals surface area contributed by atoms with Crippen LogP contribution in [0.3, 0.4) is 0 Å². The minimum Gasteiger partial charge on any atom is -0.479 e. The van der Waals surface area contributed by atoms with Gasteiger partial charge in [0.15, 0.2) is 5.54 Å². The summed E-state index contributed by atoms with van der Waals surface area (Å²) in [6.07, 6.45) is 4.80. The molecule has 3 saturated heterocycles. The van der Waals surface area contributed by atoms with E-state index in [0.29, 0.717) is 19.1 Å². The molecule has 0 aliphatic carbocycles. The highest BCUT2D eigenvalue weighted by atomic mass is 16.5. The molecule has 3 N–H and O–H groups in total. The predicted molar refractivity (Wildman–Crippen MR) is 75.1 cm³/mol. The van der Waals surface area contributed by atoms with E-state index in [-0.39, 0.29) is 18.7 Å². The molecule has 3 aliphatic rings. The average Bonchev–Trinajstić information content (AvgIpc) is 3.08. The summed E-state index contributed by atoms with van der Waals surface area (Å²) in [6, 6.07) is 0.142. The van der Waals surface area contributed by atoms with E-state index in [1.165, 1.54) is 12.8 Å². The molecule has 0 spiro atoms. The highest BCUT2D eigenvalue weighted by molar-refractivity contribution is 5.86. The van der Waals surface area contributed by atoms with Crippen LogP contribution in [0.5, 0.6) is 0 Å². The van der Waals surface area contributed by atoms with Crippen molar-refractivity contribution in [3.05, 3.63) is 0 Å². The van der Waals surface area contributed by atoms with Gasteiger partial charge in [-0.1, -0.05) is 6.42 Å². The number of carboxylic acid groups (broad SMARTS) is 1. The molecule has 3 rings (SSSR count). The zero-order chi connectivity index (χ0) is 14.9. The summed E-state index contributed by atoms with van der Waals surface area (Å²) in [6.45, 7) is 2.53. The summed E-state index contributed by atoms with van der Waals surface area (Å²) in [5.74, 6) is -1.03. The number of carbonyl (C=O) groups excluding carboxylic acids is 1. The van der Waals surface area contributed by atoms with Crippen LogP contribution >= 0.6 is 0 Å². The number of nitrogens with zero attached hydrogens (tertiary/aromatic N) is 1. The van der Waals surface area contributed by atoms with E-state index in [1.807, 2.05) is 0 Å². The zero-order valence-electron chi connectivity index (χ0n) is 12.1. The highest BCUT2D eigenvalue weighted by Crippen LogP contribution is 2.27. The van der Waals surface area contributed by atoms with Gasteiger partial charge < -0.3 is 20.5 Å². The first-order valence-electron chi connectivity index (χ1n) is 7.75. The lowest BCUT2D eigenvalue weighted by atomic mass is 9.98. The molecule has 7 nitrogen and oxygen atoms in total. The Balaban J connectivity index is 1.57. The molecule has 3 heterocycles. The number of fused-ring (bicyclic) bond motifs is 1. The smallest absolute Gasteiger partial charge is 0.332 e. The third-order valence-electron chi connectivity index (χ3n) is 4.96. The molecule has 3 atom stereocenters. The van der Waals surface area contributed by atoms with E-state index in [4.69, 9.17) is 4.74 Å². The third kappa shape index (κ3) is 2.85. The Labute approximate surface area is 124 Å². The summed E-state index contributed by atoms with van der Waals surface area (Å²) in [5, 5.41) is 14.9. The van der Waals surface area contributed by atoms with Gasteiger partial charge in [-0.2, -0.15) is 0 Å². The van der Waals surface area contributed by atoms with Crippen molar-refractivity contribution in [3.8, 4) is 0 Å². The number of rotatable bonds is 3. The lowest BCUT2D eigenvalue weighted by molar-refractivity contribution is -0.144. The molecular formula is C14H23N3O4. The fourth-order valence-electron chi connectivity index (χ4n) is 3.72. The number of hydrogen-bond donors (Lipinski definition) is 3. The Hall–Kier alpha value is -1.34. The van der Waals surface area contributed by atoms with Crippen LogP contribution in [-0.2, 0) is 9.53 Å². The Kier molecular flexibility index (Phi) is 4.03. The number of piperidine rings is 1. The van der Waals surface area contributed by atoms with E-state index < -0.39 is 11.5 Å². The van der Waals surface area contributed by atoms with Gasteiger partial charge in [-0.15, -0.1) is 0 Å². The van der Waals surface area contributed by atoms with Crippen molar-refractivity contribution in [2.45, 2.75) is 49.7 Å². The van der Waals surface area contributed by atoms with Crippen molar-refractivity contribution in [2.75, 3.05) is 26.3 Å². The molecule has 0 radical (unpaired) electrons. The standard InChI is InChI=1S/C14H23N3O4/c18-12(19)14(5-8-21-9-14)16-13(20)15-10-4-7-17-6-2-1-3-11(10)17/h10-11H,1-9H2,(H,18,19)(H2,15,16,20). The summed E-state index contributed by atoms with van der Waals surface area (Å²) in [5.41, 5.74) is -1.27. The molecule has 3 fully saturated rings. The molecule has 0 aromatic carbocycles. The van der Waals surface area contributed by atoms with Crippen LogP contribution in [0, 0.1) is 0 Å². The van der Waals surface area contributed by atoms with Crippen molar-refractivity contribution in [3.63, 3.8) is 0 Å². The van der Waals surface area contributed by atoms with Crippen molar-refractivity contribution in [2.24, 2.45) is 0 Å². The Bertz CT molecular complexity index is 422. The molecule has 7 heteroatoms. The van der Waals surface area contributed by atoms with E-state index in [0.717, 1.165) is 25.9 Å². The Morgan fingerprint density at radius 2 is 2.10 bits per heavy atom. The second-order valence-corrected chi connectivity index (χ2v) is 6.28. The van der Waals surface area contributed by atoms with E-state index in [2.05, 4.69) is 15.5 Å². The number of carboxylic acids is 1. The molecule has 0 aromatic heterocycles. The number of ether oxygens (including phenoxy) is 1. The first-order chi connectivity index (χ1) is 10.1. The summed E-state index contributed by atoms with van der Waals surface area (Å²) >= 11 is 0. The maximum atomic E-state index is 12.2. The van der Waals surface area contributed by atoms with Crippen molar-refractivity contribution >= 4 is 12.0 Å². The minimum atomic E-state index is -1.27. The topological polar surface area (TPSA) is 90.9 Å². The lowest BCUT2D eigenvalue weighted by Crippen LogP contribution is -2.60. The summed E-state index contributed by atoms with van der Waals surface area (Å²) in [7, 11) is 0. The molecule has 0 saturated carbocycles. The minimum absolute atomic E-state index is 0.0377. The zero-order valence-corrected chi connectivity index (χ0v) is 12.1. The van der Waals surface area contributed by atoms with Crippen LogP contribution in [0.15, 0.2) is 0 Å². The SMILES string of the molecule is O=C(NC1CCN2CCCCC12)NC1(C(=O)O)CCOC1. The van der Waals surface area contributed by atoms with E-state index in [9.17, 15) is 14.7 Å². The van der Waals surface area contributed by atoms with Crippen LogP contribution in [0.25, 0.3) is 0 Å². The van der Waals surface area contributed by atoms with Crippen LogP contribution in [0.2, 0.25) is 0 Å². The normalized spacial score (nSPS) is 36.2. The maximum Gasteiger partial charge on any atom is 0.332 e. The molecule has 3 aliphatic heterocycles. The second kappa shape index (κ2) is 5.81. The second-order valence-electron chi connectivity index (χ2n) is 6.28. The number of aliphatic carboxylic acids is 1. The van der Waals surface area contributed by atoms with Gasteiger partial charge in [0.2, 0.25) is 0 Å². The average molecular weight is 297 g/mol. The van der Waals surface area contributed by atoms with Crippen LogP contribution in [-0.4, -0.2) is 65.9 Å². The van der Waals surface area contributed by atoms with Gasteiger partial charge in [-0.25, -0.2) is 9.59 Å². The first-order valence-corrected chi connectivity index (χ1v) is 7.75. The molecule has 21 heavy (non-hydrogen) atoms. The number of urea groups is 1. The van der Waals surface area contributed by atoms with E-state index >= 15 is 0 Å². The summed E-state index contributed by atoms with van der Waals surface area (Å²) < 4.78 is 5.15. The first kappa shape index (κ1) is 14.6. The predicted octanol–water partition coefficient (Wildman–Crippen LogP) is 0.156. The van der Waals surface area contributed by atoms with Gasteiger partial charge in [0.25, 0.3) is 0 Å². The molecule has 118 valence electrons. The van der Waals surface area contributed by atoms with Crippen LogP contribution in [0.4, 0.5) is 4.79 Å². The number of hydrogen-bond acceptors (Lipinski definition) is 4. The highest BCUT2D eigenvalue weighted by Gasteiger charge is 2.45. The Morgan fingerprint density at radius 3 is 2.81 bits per heavy atom. The van der Waals surface area contributed by atoms with Crippen molar-refractivity contribution in [1.29, 1.82) is 0 Å². The molecule has 3 unspecified atom stereocenters. The fourth-order valence-corrected chi connectivity index (χ4v) is 3.72. The van der Waals surface area contributed by atoms with Crippen LogP contribution < -0.4 is 10.6 Å². The number of amides is 2. The van der Waals surface area contributed by atoms with Gasteiger partial charge in [0.05, 0.1) is 6.61 Å². The van der Waals surface area contributed by atoms with Gasteiger partial charge in [-0.05, 0) is 25.8 Å².